The van der Waals surface area contributed by atoms with Crippen LogP contribution < -0.4 is 0 Å². The number of aromatic amines is 1. The summed E-state index contributed by atoms with van der Waals surface area (Å²) < 4.78 is 0. The number of rotatable bonds is 2. The Morgan fingerprint density at radius 2 is 1.57 bits per heavy atom. The zero-order valence-corrected chi connectivity index (χ0v) is 11.7. The molecule has 0 aliphatic rings. The van der Waals surface area contributed by atoms with Crippen LogP contribution in [0.15, 0.2) is 48.5 Å². The fraction of sp³-hybridized carbons (Fsp3) is 0.118. The first-order chi connectivity index (χ1) is 10.3. The lowest BCUT2D eigenvalue weighted by Gasteiger charge is -1.98. The van der Waals surface area contributed by atoms with E-state index < -0.39 is 0 Å². The summed E-state index contributed by atoms with van der Waals surface area (Å²) in [5.41, 5.74) is 5.49. The van der Waals surface area contributed by atoms with Crippen LogP contribution in [0.3, 0.4) is 0 Å². The fourth-order valence-corrected chi connectivity index (χ4v) is 2.43. The summed E-state index contributed by atoms with van der Waals surface area (Å²) in [5, 5.41) is 0. The predicted octanol–water partition coefficient (Wildman–Crippen LogP) is 3.74. The molecule has 0 radical (unpaired) electrons. The maximum absolute atomic E-state index is 4.58. The number of benzene rings is 2. The second kappa shape index (κ2) is 4.66. The molecule has 4 nitrogen and oxygen atoms in total. The summed E-state index contributed by atoms with van der Waals surface area (Å²) in [7, 11) is 0. The summed E-state index contributed by atoms with van der Waals surface area (Å²) in [6.45, 7) is 2.15. The third kappa shape index (κ3) is 2.05. The molecule has 0 aliphatic heterocycles. The van der Waals surface area contributed by atoms with Crippen LogP contribution in [0.25, 0.3) is 33.7 Å². The van der Waals surface area contributed by atoms with Gasteiger partial charge in [-0.3, -0.25) is 0 Å². The van der Waals surface area contributed by atoms with Gasteiger partial charge in [-0.2, -0.15) is 0 Å². The summed E-state index contributed by atoms with van der Waals surface area (Å²) in [5.74, 6) is 0.808. The van der Waals surface area contributed by atoms with Gasteiger partial charge in [-0.05, 0) is 24.1 Å². The molecule has 2 heterocycles. The van der Waals surface area contributed by atoms with Crippen LogP contribution in [0.5, 0.6) is 0 Å². The highest BCUT2D eigenvalue weighted by Crippen LogP contribution is 2.21. The molecule has 0 saturated carbocycles. The zero-order valence-electron chi connectivity index (χ0n) is 11.7. The maximum Gasteiger partial charge on any atom is 0.198 e. The van der Waals surface area contributed by atoms with Gasteiger partial charge < -0.3 is 4.98 Å². The lowest BCUT2D eigenvalue weighted by atomic mass is 10.1. The third-order valence-electron chi connectivity index (χ3n) is 3.64. The normalized spacial score (nSPS) is 11.3. The number of nitrogens with one attached hydrogen (secondary N) is 1. The quantitative estimate of drug-likeness (QED) is 0.606. The van der Waals surface area contributed by atoms with Crippen molar-refractivity contribution in [2.45, 2.75) is 13.3 Å². The Morgan fingerprint density at radius 3 is 2.29 bits per heavy atom. The Hall–Kier alpha value is -2.75. The highest BCUT2D eigenvalue weighted by Gasteiger charge is 2.08. The molecule has 2 aromatic carbocycles. The van der Waals surface area contributed by atoms with Crippen molar-refractivity contribution >= 4 is 22.3 Å². The van der Waals surface area contributed by atoms with Gasteiger partial charge in [0.15, 0.2) is 11.3 Å². The second-order valence-corrected chi connectivity index (χ2v) is 5.02. The number of nitrogens with zero attached hydrogens (tertiary/aromatic N) is 3. The van der Waals surface area contributed by atoms with E-state index in [1.54, 1.807) is 0 Å². The minimum Gasteiger partial charge on any atom is -0.321 e. The van der Waals surface area contributed by atoms with Gasteiger partial charge in [0.1, 0.15) is 5.82 Å². The van der Waals surface area contributed by atoms with Crippen molar-refractivity contribution in [2.24, 2.45) is 0 Å². The lowest BCUT2D eigenvalue weighted by molar-refractivity contribution is 1.14. The molecule has 21 heavy (non-hydrogen) atoms. The van der Waals surface area contributed by atoms with Gasteiger partial charge in [0.25, 0.3) is 0 Å². The molecular formula is C17H14N4. The van der Waals surface area contributed by atoms with Crippen molar-refractivity contribution in [3.63, 3.8) is 0 Å². The molecule has 0 bridgehead atoms. The Labute approximate surface area is 121 Å². The standard InChI is InChI=1S/C17H14N4/c1-2-11-7-9-12(10-8-11)15-20-16-17(21-15)19-14-6-4-3-5-13(14)18-16/h3-10H,2H2,1H3,(H,18,19,20,21). The van der Waals surface area contributed by atoms with E-state index in [2.05, 4.69) is 51.1 Å². The number of para-hydroxylation sites is 2. The van der Waals surface area contributed by atoms with Crippen molar-refractivity contribution in [2.75, 3.05) is 0 Å². The highest BCUT2D eigenvalue weighted by molar-refractivity contribution is 5.84. The van der Waals surface area contributed by atoms with Gasteiger partial charge >= 0.3 is 0 Å². The monoisotopic (exact) mass is 274 g/mol. The van der Waals surface area contributed by atoms with Crippen LogP contribution in [0.4, 0.5) is 0 Å². The van der Waals surface area contributed by atoms with Gasteiger partial charge in [0.05, 0.1) is 11.0 Å². The van der Waals surface area contributed by atoms with Gasteiger partial charge in [-0.25, -0.2) is 15.0 Å². The zero-order chi connectivity index (χ0) is 14.2. The van der Waals surface area contributed by atoms with Crippen LogP contribution in [0.1, 0.15) is 12.5 Å². The lowest BCUT2D eigenvalue weighted by Crippen LogP contribution is -1.85. The van der Waals surface area contributed by atoms with Crippen molar-refractivity contribution in [1.82, 2.24) is 19.9 Å². The topological polar surface area (TPSA) is 54.5 Å². The molecule has 0 amide bonds. The summed E-state index contributed by atoms with van der Waals surface area (Å²) in [6, 6.07) is 16.2. The average Bonchev–Trinajstić information content (AvgIpc) is 2.95. The van der Waals surface area contributed by atoms with Crippen LogP contribution >= 0.6 is 0 Å². The molecule has 0 atom stereocenters. The molecule has 0 saturated heterocycles. The van der Waals surface area contributed by atoms with Crippen LogP contribution in [0.2, 0.25) is 0 Å². The first-order valence-electron chi connectivity index (χ1n) is 7.05. The second-order valence-electron chi connectivity index (χ2n) is 5.02. The molecule has 102 valence electrons. The molecule has 1 N–H and O–H groups in total. The van der Waals surface area contributed by atoms with E-state index in [1.165, 1.54) is 5.56 Å². The first kappa shape index (κ1) is 12.0. The summed E-state index contributed by atoms with van der Waals surface area (Å²) in [4.78, 5) is 16.9. The Kier molecular flexibility index (Phi) is 2.67. The molecular weight excluding hydrogens is 260 g/mol. The predicted molar refractivity (Wildman–Crippen MR) is 84.0 cm³/mol. The van der Waals surface area contributed by atoms with Gasteiger partial charge in [0.2, 0.25) is 0 Å². The van der Waals surface area contributed by atoms with E-state index in [9.17, 15) is 0 Å². The van der Waals surface area contributed by atoms with Crippen molar-refractivity contribution in [1.29, 1.82) is 0 Å². The molecule has 0 spiro atoms. The molecule has 4 aromatic rings. The molecule has 0 unspecified atom stereocenters. The number of hydrogen-bond donors (Lipinski definition) is 1. The summed E-state index contributed by atoms with van der Waals surface area (Å²) >= 11 is 0. The molecule has 0 fully saturated rings. The van der Waals surface area contributed by atoms with E-state index in [4.69, 9.17) is 0 Å². The number of hydrogen-bond acceptors (Lipinski definition) is 3. The Balaban J connectivity index is 1.87. The molecule has 4 heteroatoms. The number of aryl methyl sites for hydroxylation is 1. The maximum atomic E-state index is 4.58. The van der Waals surface area contributed by atoms with Crippen LogP contribution in [-0.2, 0) is 6.42 Å². The van der Waals surface area contributed by atoms with Crippen molar-refractivity contribution in [3.05, 3.63) is 54.1 Å². The van der Waals surface area contributed by atoms with Gasteiger partial charge in [-0.15, -0.1) is 0 Å². The van der Waals surface area contributed by atoms with E-state index in [0.717, 1.165) is 34.5 Å². The van der Waals surface area contributed by atoms with E-state index in [1.807, 2.05) is 24.3 Å². The van der Waals surface area contributed by atoms with Gasteiger partial charge in [-0.1, -0.05) is 43.3 Å². The van der Waals surface area contributed by atoms with Crippen LogP contribution in [-0.4, -0.2) is 19.9 Å². The highest BCUT2D eigenvalue weighted by atomic mass is 15.0. The summed E-state index contributed by atoms with van der Waals surface area (Å²) in [6.07, 6.45) is 1.04. The smallest absolute Gasteiger partial charge is 0.198 e. The van der Waals surface area contributed by atoms with Crippen LogP contribution in [0, 0.1) is 0 Å². The van der Waals surface area contributed by atoms with Crippen molar-refractivity contribution < 1.29 is 0 Å². The first-order valence-corrected chi connectivity index (χ1v) is 7.05. The van der Waals surface area contributed by atoms with Gasteiger partial charge in [0, 0.05) is 5.56 Å². The average molecular weight is 274 g/mol. The minimum atomic E-state index is 0.656. The van der Waals surface area contributed by atoms with Crippen molar-refractivity contribution in [3.8, 4) is 11.4 Å². The third-order valence-corrected chi connectivity index (χ3v) is 3.64. The Bertz CT molecular complexity index is 870. The molecule has 4 rings (SSSR count). The SMILES string of the molecule is CCc1ccc(-c2nc3nc4ccccc4nc3[nH]2)cc1. The molecule has 0 aliphatic carbocycles. The van der Waals surface area contributed by atoms with E-state index >= 15 is 0 Å². The number of imidazole rings is 1. The number of H-pyrrole nitrogens is 1. The van der Waals surface area contributed by atoms with E-state index in [-0.39, 0.29) is 0 Å². The van der Waals surface area contributed by atoms with E-state index in [0.29, 0.717) is 5.65 Å². The Morgan fingerprint density at radius 1 is 0.857 bits per heavy atom. The molecule has 2 aromatic heterocycles. The fourth-order valence-electron chi connectivity index (χ4n) is 2.43. The number of aromatic nitrogens is 4. The largest absolute Gasteiger partial charge is 0.321 e. The minimum absolute atomic E-state index is 0.656. The number of fused-ring (bicyclic) bond motifs is 2.